The number of rotatable bonds is 4. The van der Waals surface area contributed by atoms with Gasteiger partial charge in [-0.15, -0.1) is 0 Å². The molecule has 0 atom stereocenters. The average molecular weight is 288 g/mol. The molecule has 21 heavy (non-hydrogen) atoms. The van der Waals surface area contributed by atoms with E-state index in [9.17, 15) is 0 Å². The van der Waals surface area contributed by atoms with E-state index in [4.69, 9.17) is 9.36 Å². The first kappa shape index (κ1) is 14.0. The van der Waals surface area contributed by atoms with Crippen LogP contribution in [0.5, 0.6) is 0 Å². The fourth-order valence-electron chi connectivity index (χ4n) is 2.26. The van der Waals surface area contributed by atoms with Crippen molar-refractivity contribution in [1.29, 1.82) is 0 Å². The second-order valence-corrected chi connectivity index (χ2v) is 5.66. The number of hydrogen-bond donors (Lipinski definition) is 0. The van der Waals surface area contributed by atoms with Crippen LogP contribution >= 0.6 is 0 Å². The van der Waals surface area contributed by atoms with Gasteiger partial charge in [0.25, 0.3) is 5.89 Å². The van der Waals surface area contributed by atoms with E-state index in [-0.39, 0.29) is 0 Å². The van der Waals surface area contributed by atoms with Crippen molar-refractivity contribution in [2.75, 3.05) is 18.2 Å². The van der Waals surface area contributed by atoms with Crippen LogP contribution in [0.1, 0.15) is 32.5 Å². The Morgan fingerprint density at radius 3 is 2.86 bits per heavy atom. The Morgan fingerprint density at radius 1 is 1.29 bits per heavy atom. The summed E-state index contributed by atoms with van der Waals surface area (Å²) >= 11 is 0. The first-order valence-corrected chi connectivity index (χ1v) is 7.42. The Kier molecular flexibility index (Phi) is 4.15. The van der Waals surface area contributed by atoms with Gasteiger partial charge in [0.05, 0.1) is 12.2 Å². The zero-order valence-electron chi connectivity index (χ0n) is 12.5. The van der Waals surface area contributed by atoms with Gasteiger partial charge in [0.1, 0.15) is 0 Å². The van der Waals surface area contributed by atoms with Crippen molar-refractivity contribution in [3.8, 4) is 11.5 Å². The Hall–Kier alpha value is -1.95. The lowest BCUT2D eigenvalue weighted by molar-refractivity contribution is 0.0761. The number of hydroxylamine groups is 1. The van der Waals surface area contributed by atoms with Crippen LogP contribution in [0.15, 0.2) is 22.9 Å². The highest BCUT2D eigenvalue weighted by molar-refractivity contribution is 5.54. The molecule has 2 aromatic heterocycles. The summed E-state index contributed by atoms with van der Waals surface area (Å²) in [6, 6.07) is 3.86. The molecule has 0 radical (unpaired) electrons. The van der Waals surface area contributed by atoms with Gasteiger partial charge in [-0.2, -0.15) is 4.98 Å². The first-order valence-electron chi connectivity index (χ1n) is 7.42. The van der Waals surface area contributed by atoms with E-state index >= 15 is 0 Å². The summed E-state index contributed by atoms with van der Waals surface area (Å²) in [6.07, 6.45) is 4.80. The van der Waals surface area contributed by atoms with Gasteiger partial charge in [0.2, 0.25) is 0 Å². The van der Waals surface area contributed by atoms with Crippen molar-refractivity contribution in [3.63, 3.8) is 0 Å². The van der Waals surface area contributed by atoms with Gasteiger partial charge in [0, 0.05) is 19.2 Å². The molecule has 0 aliphatic carbocycles. The molecule has 0 N–H and O–H groups in total. The van der Waals surface area contributed by atoms with Crippen LogP contribution in [0.25, 0.3) is 11.5 Å². The SMILES string of the molecule is CC(C)Cc1noc(-c2ccc(N3CCCCO3)nc2)n1. The van der Waals surface area contributed by atoms with Crippen molar-refractivity contribution in [3.05, 3.63) is 24.2 Å². The summed E-state index contributed by atoms with van der Waals surface area (Å²) < 4.78 is 5.29. The molecule has 1 aliphatic heterocycles. The highest BCUT2D eigenvalue weighted by Gasteiger charge is 2.15. The largest absolute Gasteiger partial charge is 0.334 e. The third-order valence-electron chi connectivity index (χ3n) is 3.31. The molecule has 112 valence electrons. The number of pyridine rings is 1. The Bertz CT molecular complexity index is 574. The second-order valence-electron chi connectivity index (χ2n) is 5.66. The maximum atomic E-state index is 5.58. The normalized spacial score (nSPS) is 15.7. The van der Waals surface area contributed by atoms with E-state index in [1.54, 1.807) is 6.20 Å². The molecular formula is C15H20N4O2. The predicted molar refractivity (Wildman–Crippen MR) is 78.6 cm³/mol. The minimum absolute atomic E-state index is 0.507. The minimum Gasteiger partial charge on any atom is -0.334 e. The summed E-state index contributed by atoms with van der Waals surface area (Å²) in [5, 5.41) is 5.83. The van der Waals surface area contributed by atoms with Crippen LogP contribution in [0.3, 0.4) is 0 Å². The van der Waals surface area contributed by atoms with Crippen molar-refractivity contribution < 1.29 is 9.36 Å². The van der Waals surface area contributed by atoms with Crippen molar-refractivity contribution in [2.24, 2.45) is 5.92 Å². The maximum Gasteiger partial charge on any atom is 0.259 e. The lowest BCUT2D eigenvalue weighted by Gasteiger charge is -2.26. The van der Waals surface area contributed by atoms with E-state index in [0.29, 0.717) is 11.8 Å². The third-order valence-corrected chi connectivity index (χ3v) is 3.31. The molecule has 2 aromatic rings. The number of nitrogens with zero attached hydrogens (tertiary/aromatic N) is 4. The summed E-state index contributed by atoms with van der Waals surface area (Å²) in [5.74, 6) is 2.58. The number of aromatic nitrogens is 3. The number of anilines is 1. The molecule has 0 aromatic carbocycles. The van der Waals surface area contributed by atoms with Crippen molar-refractivity contribution >= 4 is 5.82 Å². The Balaban J connectivity index is 1.72. The summed E-state index contributed by atoms with van der Waals surface area (Å²) in [6.45, 7) is 5.90. The van der Waals surface area contributed by atoms with E-state index < -0.39 is 0 Å². The molecule has 1 aliphatic rings. The molecule has 6 nitrogen and oxygen atoms in total. The lowest BCUT2D eigenvalue weighted by atomic mass is 10.1. The topological polar surface area (TPSA) is 64.3 Å². The molecule has 0 bridgehead atoms. The van der Waals surface area contributed by atoms with Crippen LogP contribution in [-0.4, -0.2) is 28.3 Å². The van der Waals surface area contributed by atoms with E-state index in [0.717, 1.165) is 49.6 Å². The number of hydrogen-bond acceptors (Lipinski definition) is 6. The zero-order chi connectivity index (χ0) is 14.7. The van der Waals surface area contributed by atoms with Gasteiger partial charge in [-0.05, 0) is 30.9 Å². The Labute approximate surface area is 124 Å². The molecule has 3 heterocycles. The van der Waals surface area contributed by atoms with Crippen LogP contribution < -0.4 is 5.06 Å². The molecular weight excluding hydrogens is 268 g/mol. The lowest BCUT2D eigenvalue weighted by Crippen LogP contribution is -2.30. The highest BCUT2D eigenvalue weighted by Crippen LogP contribution is 2.21. The first-order chi connectivity index (χ1) is 10.2. The second kappa shape index (κ2) is 6.22. The predicted octanol–water partition coefficient (Wildman–Crippen LogP) is 2.86. The highest BCUT2D eigenvalue weighted by atomic mass is 16.7. The third kappa shape index (κ3) is 3.39. The van der Waals surface area contributed by atoms with E-state index in [1.807, 2.05) is 17.2 Å². The zero-order valence-corrected chi connectivity index (χ0v) is 12.5. The monoisotopic (exact) mass is 288 g/mol. The van der Waals surface area contributed by atoms with Crippen LogP contribution in [0.4, 0.5) is 5.82 Å². The maximum absolute atomic E-state index is 5.58. The molecule has 3 rings (SSSR count). The Morgan fingerprint density at radius 2 is 2.19 bits per heavy atom. The van der Waals surface area contributed by atoms with Crippen LogP contribution in [0.2, 0.25) is 0 Å². The fraction of sp³-hybridized carbons (Fsp3) is 0.533. The van der Waals surface area contributed by atoms with Gasteiger partial charge in [-0.3, -0.25) is 4.84 Å². The summed E-state index contributed by atoms with van der Waals surface area (Å²) in [7, 11) is 0. The van der Waals surface area contributed by atoms with Crippen molar-refractivity contribution in [2.45, 2.75) is 33.1 Å². The quantitative estimate of drug-likeness (QED) is 0.862. The summed E-state index contributed by atoms with van der Waals surface area (Å²) in [5.41, 5.74) is 0.832. The summed E-state index contributed by atoms with van der Waals surface area (Å²) in [4.78, 5) is 14.4. The molecule has 0 spiro atoms. The van der Waals surface area contributed by atoms with Crippen molar-refractivity contribution in [1.82, 2.24) is 15.1 Å². The molecule has 1 fully saturated rings. The average Bonchev–Trinajstić information content (AvgIpc) is 2.96. The molecule has 0 saturated carbocycles. The molecule has 0 unspecified atom stereocenters. The molecule has 6 heteroatoms. The van der Waals surface area contributed by atoms with Gasteiger partial charge in [0.15, 0.2) is 11.6 Å². The fourth-order valence-corrected chi connectivity index (χ4v) is 2.26. The van der Waals surface area contributed by atoms with E-state index in [1.165, 1.54) is 0 Å². The minimum atomic E-state index is 0.507. The van der Waals surface area contributed by atoms with Gasteiger partial charge in [-0.25, -0.2) is 10.0 Å². The molecule has 1 saturated heterocycles. The van der Waals surface area contributed by atoms with Gasteiger partial charge in [-0.1, -0.05) is 19.0 Å². The van der Waals surface area contributed by atoms with Crippen LogP contribution in [-0.2, 0) is 11.3 Å². The van der Waals surface area contributed by atoms with Gasteiger partial charge >= 0.3 is 0 Å². The standard InChI is InChI=1S/C15H20N4O2/c1-11(2)9-13-17-15(21-18-13)12-5-6-14(16-10-12)19-7-3-4-8-20-19/h5-6,10-11H,3-4,7-9H2,1-2H3. The van der Waals surface area contributed by atoms with Crippen LogP contribution in [0, 0.1) is 5.92 Å². The molecule has 0 amide bonds. The smallest absolute Gasteiger partial charge is 0.259 e. The van der Waals surface area contributed by atoms with Gasteiger partial charge < -0.3 is 4.52 Å². The van der Waals surface area contributed by atoms with E-state index in [2.05, 4.69) is 29.0 Å².